The van der Waals surface area contributed by atoms with Crippen LogP contribution in [0.15, 0.2) is 0 Å². The summed E-state index contributed by atoms with van der Waals surface area (Å²) in [5.74, 6) is -0.816. The fraction of sp³-hybridized carbons (Fsp3) is 0.778. The van der Waals surface area contributed by atoms with Crippen molar-refractivity contribution in [1.82, 2.24) is 10.6 Å². The molecule has 0 saturated carbocycles. The van der Waals surface area contributed by atoms with Crippen molar-refractivity contribution in [2.75, 3.05) is 19.6 Å². The molecule has 1 rings (SSSR count). The summed E-state index contributed by atoms with van der Waals surface area (Å²) < 4.78 is 0. The van der Waals surface area contributed by atoms with Gasteiger partial charge in [0.25, 0.3) is 0 Å². The molecule has 4 N–H and O–H groups in total. The number of hydrogen-bond acceptors (Lipinski definition) is 3. The van der Waals surface area contributed by atoms with Gasteiger partial charge in [0.15, 0.2) is 5.41 Å². The molecule has 0 aromatic carbocycles. The van der Waals surface area contributed by atoms with Gasteiger partial charge in [-0.15, -0.1) is 0 Å². The third kappa shape index (κ3) is 2.23. The SMILES string of the molecule is CC.CCNC(=O)C1(C(N)=O)CNC1. The van der Waals surface area contributed by atoms with E-state index in [1.54, 1.807) is 6.92 Å². The molecule has 14 heavy (non-hydrogen) atoms. The Morgan fingerprint density at radius 2 is 1.93 bits per heavy atom. The van der Waals surface area contributed by atoms with E-state index in [1.165, 1.54) is 0 Å². The van der Waals surface area contributed by atoms with Crippen molar-refractivity contribution >= 4 is 11.8 Å². The molecule has 0 aliphatic carbocycles. The van der Waals surface area contributed by atoms with Gasteiger partial charge >= 0.3 is 0 Å². The van der Waals surface area contributed by atoms with Crippen LogP contribution in [0.4, 0.5) is 0 Å². The first-order valence-corrected chi connectivity index (χ1v) is 4.92. The van der Waals surface area contributed by atoms with E-state index in [-0.39, 0.29) is 5.91 Å². The van der Waals surface area contributed by atoms with Crippen molar-refractivity contribution in [3.05, 3.63) is 0 Å². The molecule has 1 heterocycles. The van der Waals surface area contributed by atoms with Crippen LogP contribution in [0.25, 0.3) is 0 Å². The lowest BCUT2D eigenvalue weighted by Crippen LogP contribution is -2.67. The predicted molar refractivity (Wildman–Crippen MR) is 54.5 cm³/mol. The minimum absolute atomic E-state index is 0.267. The van der Waals surface area contributed by atoms with Crippen molar-refractivity contribution in [3.8, 4) is 0 Å². The van der Waals surface area contributed by atoms with Crippen LogP contribution in [0.3, 0.4) is 0 Å². The Morgan fingerprint density at radius 3 is 2.14 bits per heavy atom. The van der Waals surface area contributed by atoms with Gasteiger partial charge in [0.1, 0.15) is 0 Å². The summed E-state index contributed by atoms with van der Waals surface area (Å²) in [5, 5.41) is 5.45. The van der Waals surface area contributed by atoms with Crippen LogP contribution < -0.4 is 16.4 Å². The molecule has 5 nitrogen and oxygen atoms in total. The average molecular weight is 201 g/mol. The molecular weight excluding hydrogens is 182 g/mol. The molecule has 1 saturated heterocycles. The monoisotopic (exact) mass is 201 g/mol. The smallest absolute Gasteiger partial charge is 0.238 e. The lowest BCUT2D eigenvalue weighted by atomic mass is 9.80. The number of primary amides is 1. The van der Waals surface area contributed by atoms with E-state index in [2.05, 4.69) is 10.6 Å². The number of rotatable bonds is 3. The summed E-state index contributed by atoms with van der Waals surface area (Å²) >= 11 is 0. The zero-order valence-corrected chi connectivity index (χ0v) is 9.02. The maximum atomic E-state index is 11.3. The zero-order chi connectivity index (χ0) is 11.2. The van der Waals surface area contributed by atoms with E-state index < -0.39 is 11.3 Å². The van der Waals surface area contributed by atoms with E-state index in [9.17, 15) is 9.59 Å². The fourth-order valence-corrected chi connectivity index (χ4v) is 1.15. The van der Waals surface area contributed by atoms with Gasteiger partial charge in [0.05, 0.1) is 0 Å². The molecule has 1 aliphatic rings. The lowest BCUT2D eigenvalue weighted by molar-refractivity contribution is -0.145. The molecule has 0 unspecified atom stereocenters. The Bertz CT molecular complexity index is 212. The highest BCUT2D eigenvalue weighted by molar-refractivity contribution is 6.06. The molecular formula is C9H19N3O2. The van der Waals surface area contributed by atoms with E-state index >= 15 is 0 Å². The topological polar surface area (TPSA) is 84.2 Å². The molecule has 0 radical (unpaired) electrons. The quantitative estimate of drug-likeness (QED) is 0.524. The highest BCUT2D eigenvalue weighted by Gasteiger charge is 2.49. The van der Waals surface area contributed by atoms with Crippen molar-refractivity contribution in [1.29, 1.82) is 0 Å². The average Bonchev–Trinajstić information content (AvgIpc) is 2.05. The number of carbonyl (C=O) groups excluding carboxylic acids is 2. The lowest BCUT2D eigenvalue weighted by Gasteiger charge is -2.37. The Morgan fingerprint density at radius 1 is 1.43 bits per heavy atom. The van der Waals surface area contributed by atoms with E-state index in [0.29, 0.717) is 19.6 Å². The first-order chi connectivity index (χ1) is 6.63. The number of nitrogens with one attached hydrogen (secondary N) is 2. The van der Waals surface area contributed by atoms with E-state index in [0.717, 1.165) is 0 Å². The van der Waals surface area contributed by atoms with Crippen LogP contribution in [0.5, 0.6) is 0 Å². The molecule has 0 spiro atoms. The third-order valence-electron chi connectivity index (χ3n) is 2.10. The number of hydrogen-bond donors (Lipinski definition) is 3. The number of nitrogens with two attached hydrogens (primary N) is 1. The molecule has 0 atom stereocenters. The van der Waals surface area contributed by atoms with Crippen LogP contribution in [0, 0.1) is 5.41 Å². The van der Waals surface area contributed by atoms with Gasteiger partial charge in [-0.25, -0.2) is 0 Å². The number of carbonyl (C=O) groups is 2. The minimum atomic E-state index is -0.990. The standard InChI is InChI=1S/C7H13N3O2.C2H6/c1-2-10-6(12)7(5(8)11)3-9-4-7;1-2/h9H,2-4H2,1H3,(H2,8,11)(H,10,12);1-2H3. The minimum Gasteiger partial charge on any atom is -0.369 e. The van der Waals surface area contributed by atoms with Crippen molar-refractivity contribution in [2.24, 2.45) is 11.1 Å². The Labute approximate surface area is 84.4 Å². The highest BCUT2D eigenvalue weighted by atomic mass is 16.2. The van der Waals surface area contributed by atoms with Crippen LogP contribution in [0.1, 0.15) is 20.8 Å². The number of amides is 2. The summed E-state index contributed by atoms with van der Waals surface area (Å²) in [6.45, 7) is 7.04. The first kappa shape index (κ1) is 12.9. The van der Waals surface area contributed by atoms with Gasteiger partial charge in [-0.05, 0) is 6.92 Å². The predicted octanol–water partition coefficient (Wildman–Crippen LogP) is -0.776. The molecule has 82 valence electrons. The summed E-state index contributed by atoms with van der Waals surface area (Å²) in [6, 6.07) is 0. The second-order valence-electron chi connectivity index (χ2n) is 2.91. The summed E-state index contributed by atoms with van der Waals surface area (Å²) in [6.07, 6.45) is 0. The normalized spacial score (nSPS) is 17.1. The second kappa shape index (κ2) is 5.59. The fourth-order valence-electron chi connectivity index (χ4n) is 1.15. The Hall–Kier alpha value is -1.10. The van der Waals surface area contributed by atoms with Gasteiger partial charge in [-0.3, -0.25) is 9.59 Å². The molecule has 2 amide bonds. The van der Waals surface area contributed by atoms with Crippen molar-refractivity contribution in [3.63, 3.8) is 0 Å². The maximum absolute atomic E-state index is 11.3. The van der Waals surface area contributed by atoms with Gasteiger partial charge in [0.2, 0.25) is 11.8 Å². The van der Waals surface area contributed by atoms with Crippen molar-refractivity contribution < 1.29 is 9.59 Å². The van der Waals surface area contributed by atoms with E-state index in [1.807, 2.05) is 13.8 Å². The van der Waals surface area contributed by atoms with Crippen LogP contribution in [0.2, 0.25) is 0 Å². The molecule has 5 heteroatoms. The Balaban J connectivity index is 0.000000791. The third-order valence-corrected chi connectivity index (χ3v) is 2.10. The summed E-state index contributed by atoms with van der Waals surface area (Å²) in [7, 11) is 0. The van der Waals surface area contributed by atoms with Crippen molar-refractivity contribution in [2.45, 2.75) is 20.8 Å². The van der Waals surface area contributed by atoms with Crippen LogP contribution >= 0.6 is 0 Å². The zero-order valence-electron chi connectivity index (χ0n) is 9.02. The molecule has 0 bridgehead atoms. The molecule has 1 fully saturated rings. The van der Waals surface area contributed by atoms with Gasteiger partial charge in [-0.1, -0.05) is 13.8 Å². The van der Waals surface area contributed by atoms with E-state index in [4.69, 9.17) is 5.73 Å². The maximum Gasteiger partial charge on any atom is 0.238 e. The molecule has 1 aliphatic heterocycles. The van der Waals surface area contributed by atoms with Gasteiger partial charge in [0, 0.05) is 19.6 Å². The van der Waals surface area contributed by atoms with Gasteiger partial charge < -0.3 is 16.4 Å². The van der Waals surface area contributed by atoms with Crippen LogP contribution in [-0.4, -0.2) is 31.4 Å². The first-order valence-electron chi connectivity index (χ1n) is 4.92. The molecule has 0 aromatic heterocycles. The molecule has 0 aromatic rings. The summed E-state index contributed by atoms with van der Waals surface area (Å²) in [4.78, 5) is 22.3. The summed E-state index contributed by atoms with van der Waals surface area (Å²) in [5.41, 5.74) is 4.13. The van der Waals surface area contributed by atoms with Crippen LogP contribution in [-0.2, 0) is 9.59 Å². The largest absolute Gasteiger partial charge is 0.369 e. The Kier molecular flexibility index (Phi) is 5.15. The highest BCUT2D eigenvalue weighted by Crippen LogP contribution is 2.21. The second-order valence-corrected chi connectivity index (χ2v) is 2.91. The van der Waals surface area contributed by atoms with Gasteiger partial charge in [-0.2, -0.15) is 0 Å².